The Kier molecular flexibility index (Phi) is 6.88. The summed E-state index contributed by atoms with van der Waals surface area (Å²) >= 11 is 1.30. The third-order valence-corrected chi connectivity index (χ3v) is 8.56. The highest BCUT2D eigenvalue weighted by Crippen LogP contribution is 2.33. The number of methoxy groups -OCH3 is 1. The van der Waals surface area contributed by atoms with Crippen LogP contribution in [0.2, 0.25) is 0 Å². The normalized spacial score (nSPS) is 19.8. The van der Waals surface area contributed by atoms with Crippen LogP contribution >= 0.6 is 11.3 Å². The van der Waals surface area contributed by atoms with Crippen LogP contribution in [0.4, 0.5) is 5.00 Å². The third-order valence-electron chi connectivity index (χ3n) is 5.59. The van der Waals surface area contributed by atoms with Crippen molar-refractivity contribution in [3.63, 3.8) is 0 Å². The lowest BCUT2D eigenvalue weighted by molar-refractivity contribution is 0.0601. The van der Waals surface area contributed by atoms with Crippen LogP contribution in [0.1, 0.15) is 51.4 Å². The van der Waals surface area contributed by atoms with Gasteiger partial charge in [-0.3, -0.25) is 4.79 Å². The second kappa shape index (κ2) is 9.10. The van der Waals surface area contributed by atoms with Gasteiger partial charge in [-0.2, -0.15) is 4.31 Å². The molecule has 2 heterocycles. The number of carbonyl (C=O) groups excluding carboxylic acids is 2. The average molecular weight is 465 g/mol. The van der Waals surface area contributed by atoms with Crippen molar-refractivity contribution < 1.29 is 22.7 Å². The van der Waals surface area contributed by atoms with Gasteiger partial charge in [0, 0.05) is 23.5 Å². The molecule has 1 fully saturated rings. The highest BCUT2D eigenvalue weighted by molar-refractivity contribution is 7.89. The van der Waals surface area contributed by atoms with Crippen LogP contribution in [-0.2, 0) is 14.8 Å². The standard InChI is InChI=1S/C22H28N2O5S2/c1-13-10-14(2)12-24(11-13)31(27,28)18-8-6-17(7-9-18)20(25)23-21-19(22(26)29-5)15(3)16(4)30-21/h6-9,13-14H,10-12H2,1-5H3,(H,23,25)/t13-,14-/m0/s1. The fourth-order valence-corrected chi connectivity index (χ4v) is 6.69. The summed E-state index contributed by atoms with van der Waals surface area (Å²) in [6.45, 7) is 8.79. The van der Waals surface area contributed by atoms with Gasteiger partial charge in [0.05, 0.1) is 17.6 Å². The minimum atomic E-state index is -3.61. The number of benzene rings is 1. The number of nitrogens with one attached hydrogen (secondary N) is 1. The molecule has 0 unspecified atom stereocenters. The van der Waals surface area contributed by atoms with Gasteiger partial charge in [-0.05, 0) is 61.9 Å². The van der Waals surface area contributed by atoms with Gasteiger partial charge in [-0.15, -0.1) is 11.3 Å². The summed E-state index contributed by atoms with van der Waals surface area (Å²) in [4.78, 5) is 25.9. The lowest BCUT2D eigenvalue weighted by Gasteiger charge is -2.34. The molecule has 9 heteroatoms. The number of aryl methyl sites for hydroxylation is 1. The zero-order valence-corrected chi connectivity index (χ0v) is 20.0. The first-order chi connectivity index (χ1) is 14.5. The maximum atomic E-state index is 13.0. The molecule has 0 aliphatic carbocycles. The number of rotatable bonds is 5. The molecular weight excluding hydrogens is 436 g/mol. The Morgan fingerprint density at radius 3 is 2.23 bits per heavy atom. The van der Waals surface area contributed by atoms with Crippen molar-refractivity contribution in [3.05, 3.63) is 45.8 Å². The van der Waals surface area contributed by atoms with Gasteiger partial charge in [0.25, 0.3) is 5.91 Å². The van der Waals surface area contributed by atoms with Crippen molar-refractivity contribution in [2.24, 2.45) is 11.8 Å². The Labute approximate surface area is 187 Å². The number of piperidine rings is 1. The molecule has 0 bridgehead atoms. The molecule has 1 aromatic heterocycles. The Bertz CT molecular complexity index is 1080. The zero-order chi connectivity index (χ0) is 22.9. The van der Waals surface area contributed by atoms with Crippen molar-refractivity contribution in [1.82, 2.24) is 4.31 Å². The first kappa shape index (κ1) is 23.4. The number of ether oxygens (including phenoxy) is 1. The first-order valence-corrected chi connectivity index (χ1v) is 12.4. The van der Waals surface area contributed by atoms with E-state index in [4.69, 9.17) is 4.74 Å². The highest BCUT2D eigenvalue weighted by Gasteiger charge is 2.31. The van der Waals surface area contributed by atoms with E-state index in [2.05, 4.69) is 19.2 Å². The minimum absolute atomic E-state index is 0.170. The monoisotopic (exact) mass is 464 g/mol. The minimum Gasteiger partial charge on any atom is -0.465 e. The van der Waals surface area contributed by atoms with E-state index < -0.39 is 21.9 Å². The van der Waals surface area contributed by atoms with E-state index in [9.17, 15) is 18.0 Å². The molecule has 2 atom stereocenters. The molecule has 1 aliphatic rings. The second-order valence-corrected chi connectivity index (χ2v) is 11.4. The zero-order valence-electron chi connectivity index (χ0n) is 18.4. The smallest absolute Gasteiger partial charge is 0.341 e. The molecule has 3 rings (SSSR count). The molecule has 168 valence electrons. The Morgan fingerprint density at radius 2 is 1.68 bits per heavy atom. The molecule has 2 aromatic rings. The second-order valence-electron chi connectivity index (χ2n) is 8.23. The number of thiophene rings is 1. The van der Waals surface area contributed by atoms with Gasteiger partial charge in [0.15, 0.2) is 0 Å². The largest absolute Gasteiger partial charge is 0.465 e. The molecule has 0 saturated carbocycles. The number of hydrogen-bond donors (Lipinski definition) is 1. The molecule has 1 aliphatic heterocycles. The maximum absolute atomic E-state index is 13.0. The number of carbonyl (C=O) groups is 2. The Balaban J connectivity index is 1.80. The number of sulfonamides is 1. The Morgan fingerprint density at radius 1 is 1.10 bits per heavy atom. The fourth-order valence-electron chi connectivity index (χ4n) is 3.97. The van der Waals surface area contributed by atoms with E-state index in [1.54, 1.807) is 6.92 Å². The predicted octanol–water partition coefficient (Wildman–Crippen LogP) is 4.07. The number of anilines is 1. The summed E-state index contributed by atoms with van der Waals surface area (Å²) in [5.74, 6) is -0.310. The molecule has 0 radical (unpaired) electrons. The van der Waals surface area contributed by atoms with Gasteiger partial charge >= 0.3 is 5.97 Å². The summed E-state index contributed by atoms with van der Waals surface area (Å²) in [6, 6.07) is 5.90. The maximum Gasteiger partial charge on any atom is 0.341 e. The van der Waals surface area contributed by atoms with Crippen LogP contribution in [-0.4, -0.2) is 44.8 Å². The summed E-state index contributed by atoms with van der Waals surface area (Å²) in [6.07, 6.45) is 1.01. The fraction of sp³-hybridized carbons (Fsp3) is 0.455. The molecular formula is C22H28N2O5S2. The van der Waals surface area contributed by atoms with E-state index in [1.807, 2.05) is 6.92 Å². The third kappa shape index (κ3) is 4.83. The average Bonchev–Trinajstić information content (AvgIpc) is 3.00. The van der Waals surface area contributed by atoms with Crippen molar-refractivity contribution >= 4 is 38.2 Å². The summed E-state index contributed by atoms with van der Waals surface area (Å²) in [5.41, 5.74) is 1.41. The van der Waals surface area contributed by atoms with Crippen LogP contribution in [0.25, 0.3) is 0 Å². The van der Waals surface area contributed by atoms with E-state index in [-0.39, 0.29) is 4.90 Å². The number of esters is 1. The number of hydrogen-bond acceptors (Lipinski definition) is 6. The van der Waals surface area contributed by atoms with E-state index in [0.717, 1.165) is 16.9 Å². The van der Waals surface area contributed by atoms with E-state index >= 15 is 0 Å². The molecule has 1 saturated heterocycles. The molecule has 0 spiro atoms. The summed E-state index contributed by atoms with van der Waals surface area (Å²) in [7, 11) is -2.32. The van der Waals surface area contributed by atoms with Crippen molar-refractivity contribution in [3.8, 4) is 0 Å². The van der Waals surface area contributed by atoms with E-state index in [1.165, 1.54) is 47.0 Å². The van der Waals surface area contributed by atoms with E-state index in [0.29, 0.717) is 41.1 Å². The van der Waals surface area contributed by atoms with Crippen LogP contribution in [0, 0.1) is 25.7 Å². The lowest BCUT2D eigenvalue weighted by Crippen LogP contribution is -2.42. The summed E-state index contributed by atoms with van der Waals surface area (Å²) in [5, 5.41) is 3.17. The quantitative estimate of drug-likeness (QED) is 0.674. The van der Waals surface area contributed by atoms with Crippen molar-refractivity contribution in [2.75, 3.05) is 25.5 Å². The molecule has 7 nitrogen and oxygen atoms in total. The molecule has 1 N–H and O–H groups in total. The predicted molar refractivity (Wildman–Crippen MR) is 121 cm³/mol. The molecule has 31 heavy (non-hydrogen) atoms. The topological polar surface area (TPSA) is 92.8 Å². The SMILES string of the molecule is COC(=O)c1c(NC(=O)c2ccc(S(=O)(=O)N3C[C@@H](C)C[C@H](C)C3)cc2)sc(C)c1C. The van der Waals surface area contributed by atoms with Crippen LogP contribution in [0.3, 0.4) is 0 Å². The first-order valence-electron chi connectivity index (χ1n) is 10.1. The van der Waals surface area contributed by atoms with Gasteiger partial charge < -0.3 is 10.1 Å². The number of nitrogens with zero attached hydrogens (tertiary/aromatic N) is 1. The van der Waals surface area contributed by atoms with Gasteiger partial charge in [0.2, 0.25) is 10.0 Å². The molecule has 1 aromatic carbocycles. The molecule has 1 amide bonds. The van der Waals surface area contributed by atoms with Gasteiger partial charge in [-0.25, -0.2) is 13.2 Å². The van der Waals surface area contributed by atoms with Crippen molar-refractivity contribution in [2.45, 2.75) is 39.0 Å². The van der Waals surface area contributed by atoms with Crippen LogP contribution in [0.15, 0.2) is 29.2 Å². The van der Waals surface area contributed by atoms with Crippen LogP contribution < -0.4 is 5.32 Å². The highest BCUT2D eigenvalue weighted by atomic mass is 32.2. The lowest BCUT2D eigenvalue weighted by atomic mass is 9.94. The Hall–Kier alpha value is -2.23. The van der Waals surface area contributed by atoms with Gasteiger partial charge in [-0.1, -0.05) is 13.8 Å². The van der Waals surface area contributed by atoms with Crippen LogP contribution in [0.5, 0.6) is 0 Å². The number of amides is 1. The van der Waals surface area contributed by atoms with Gasteiger partial charge in [0.1, 0.15) is 5.00 Å². The summed E-state index contributed by atoms with van der Waals surface area (Å²) < 4.78 is 32.4. The van der Waals surface area contributed by atoms with Crippen molar-refractivity contribution in [1.29, 1.82) is 0 Å².